The summed E-state index contributed by atoms with van der Waals surface area (Å²) >= 11 is 0. The van der Waals surface area contributed by atoms with Crippen LogP contribution in [0.5, 0.6) is 0 Å². The molecule has 2 atom stereocenters. The number of aromatic nitrogens is 2. The minimum absolute atomic E-state index is 0.0493. The predicted octanol–water partition coefficient (Wildman–Crippen LogP) is 2.33. The summed E-state index contributed by atoms with van der Waals surface area (Å²) < 4.78 is 5.34. The Morgan fingerprint density at radius 3 is 2.62 bits per heavy atom. The van der Waals surface area contributed by atoms with E-state index >= 15 is 0 Å². The molecule has 0 aliphatic heterocycles. The average molecular weight is 224 g/mol. The van der Waals surface area contributed by atoms with E-state index in [0.717, 1.165) is 24.1 Å². The fourth-order valence-electron chi connectivity index (χ4n) is 1.67. The lowest BCUT2D eigenvalue weighted by atomic mass is 10.1. The van der Waals surface area contributed by atoms with E-state index in [9.17, 15) is 5.11 Å². The first-order valence-electron chi connectivity index (χ1n) is 5.64. The number of aryl methyl sites for hydroxylation is 1. The van der Waals surface area contributed by atoms with E-state index in [-0.39, 0.29) is 6.10 Å². The van der Waals surface area contributed by atoms with Crippen molar-refractivity contribution in [1.82, 2.24) is 9.97 Å². The largest absolute Gasteiger partial charge is 0.389 e. The highest BCUT2D eigenvalue weighted by Crippen LogP contribution is 2.21. The smallest absolute Gasteiger partial charge is 0.157 e. The van der Waals surface area contributed by atoms with Gasteiger partial charge in [-0.25, -0.2) is 9.97 Å². The molecule has 0 aliphatic rings. The molecule has 1 rings (SSSR count). The van der Waals surface area contributed by atoms with E-state index in [2.05, 4.69) is 16.9 Å². The molecule has 1 heterocycles. The number of aliphatic hydroxyl groups is 1. The zero-order valence-electron chi connectivity index (χ0n) is 10.4. The molecule has 0 fully saturated rings. The molecule has 90 valence electrons. The zero-order valence-corrected chi connectivity index (χ0v) is 10.4. The van der Waals surface area contributed by atoms with Crippen LogP contribution < -0.4 is 0 Å². The van der Waals surface area contributed by atoms with Crippen LogP contribution in [0.15, 0.2) is 6.20 Å². The molecule has 0 aliphatic carbocycles. The Labute approximate surface area is 96.7 Å². The van der Waals surface area contributed by atoms with Crippen molar-refractivity contribution < 1.29 is 9.84 Å². The monoisotopic (exact) mass is 224 g/mol. The lowest BCUT2D eigenvalue weighted by molar-refractivity contribution is 0.0871. The lowest BCUT2D eigenvalue weighted by Gasteiger charge is -2.15. The van der Waals surface area contributed by atoms with E-state index in [1.54, 1.807) is 20.2 Å². The number of ether oxygens (including phenoxy) is 1. The molecule has 1 aromatic heterocycles. The van der Waals surface area contributed by atoms with Gasteiger partial charge in [-0.3, -0.25) is 0 Å². The number of methoxy groups -OCH3 is 1. The Kier molecular flexibility index (Phi) is 4.83. The van der Waals surface area contributed by atoms with Crippen molar-refractivity contribution in [2.45, 2.75) is 45.8 Å². The second kappa shape index (κ2) is 5.92. The van der Waals surface area contributed by atoms with E-state index in [4.69, 9.17) is 4.74 Å². The first-order valence-corrected chi connectivity index (χ1v) is 5.64. The Bertz CT molecular complexity index is 340. The number of nitrogens with zero attached hydrogens (tertiary/aromatic N) is 2. The minimum Gasteiger partial charge on any atom is -0.389 e. The normalized spacial score (nSPS) is 14.8. The van der Waals surface area contributed by atoms with Crippen LogP contribution in [-0.4, -0.2) is 22.2 Å². The molecule has 0 saturated carbocycles. The molecular weight excluding hydrogens is 204 g/mol. The molecule has 1 unspecified atom stereocenters. The van der Waals surface area contributed by atoms with Crippen LogP contribution in [0.4, 0.5) is 0 Å². The van der Waals surface area contributed by atoms with Gasteiger partial charge < -0.3 is 9.84 Å². The van der Waals surface area contributed by atoms with Crippen LogP contribution in [0.3, 0.4) is 0 Å². The summed E-state index contributed by atoms with van der Waals surface area (Å²) in [6.07, 6.45) is 3.04. The van der Waals surface area contributed by atoms with Crippen molar-refractivity contribution in [3.8, 4) is 0 Å². The van der Waals surface area contributed by atoms with Crippen LogP contribution >= 0.6 is 0 Å². The summed E-state index contributed by atoms with van der Waals surface area (Å²) in [5.74, 6) is 0.700. The Morgan fingerprint density at radius 1 is 1.50 bits per heavy atom. The maximum absolute atomic E-state index is 9.48. The van der Waals surface area contributed by atoms with Crippen LogP contribution in [0.1, 0.15) is 56.0 Å². The van der Waals surface area contributed by atoms with E-state index in [0.29, 0.717) is 5.82 Å². The third-order valence-corrected chi connectivity index (χ3v) is 2.61. The van der Waals surface area contributed by atoms with Gasteiger partial charge in [-0.05, 0) is 20.3 Å². The van der Waals surface area contributed by atoms with Crippen LogP contribution in [0, 0.1) is 6.92 Å². The Balaban J connectivity index is 2.95. The van der Waals surface area contributed by atoms with Gasteiger partial charge >= 0.3 is 0 Å². The van der Waals surface area contributed by atoms with Crippen molar-refractivity contribution in [3.63, 3.8) is 0 Å². The van der Waals surface area contributed by atoms with E-state index in [1.807, 2.05) is 6.92 Å². The molecule has 1 aromatic rings. The molecule has 4 heteroatoms. The molecule has 4 nitrogen and oxygen atoms in total. The summed E-state index contributed by atoms with van der Waals surface area (Å²) in [5, 5.41) is 9.48. The van der Waals surface area contributed by atoms with Crippen molar-refractivity contribution >= 4 is 0 Å². The average Bonchev–Trinajstić information content (AvgIpc) is 2.25. The van der Waals surface area contributed by atoms with Crippen LogP contribution in [-0.2, 0) is 4.74 Å². The molecule has 0 spiro atoms. The predicted molar refractivity (Wildman–Crippen MR) is 62.1 cm³/mol. The van der Waals surface area contributed by atoms with Crippen LogP contribution in [0.25, 0.3) is 0 Å². The number of hydrogen-bond acceptors (Lipinski definition) is 4. The molecule has 0 radical (unpaired) electrons. The Morgan fingerprint density at radius 2 is 2.19 bits per heavy atom. The first-order chi connectivity index (χ1) is 7.60. The van der Waals surface area contributed by atoms with Crippen molar-refractivity contribution in [3.05, 3.63) is 23.3 Å². The molecule has 1 N–H and O–H groups in total. The molecular formula is C12H20N2O2. The summed E-state index contributed by atoms with van der Waals surface area (Å²) in [5.41, 5.74) is 1.59. The minimum atomic E-state index is -0.527. The maximum atomic E-state index is 9.48. The zero-order chi connectivity index (χ0) is 12.1. The van der Waals surface area contributed by atoms with Gasteiger partial charge in [0.1, 0.15) is 6.10 Å². The number of rotatable bonds is 5. The van der Waals surface area contributed by atoms with Crippen LogP contribution in [0.2, 0.25) is 0 Å². The number of aliphatic hydroxyl groups excluding tert-OH is 1. The third-order valence-electron chi connectivity index (χ3n) is 2.61. The summed E-state index contributed by atoms with van der Waals surface area (Å²) in [6.45, 7) is 5.69. The quantitative estimate of drug-likeness (QED) is 0.834. The van der Waals surface area contributed by atoms with E-state index in [1.165, 1.54) is 0 Å². The lowest BCUT2D eigenvalue weighted by Crippen LogP contribution is -2.09. The van der Waals surface area contributed by atoms with Crippen molar-refractivity contribution in [2.75, 3.05) is 7.11 Å². The van der Waals surface area contributed by atoms with Gasteiger partial charge in [0.15, 0.2) is 5.82 Å². The summed E-state index contributed by atoms with van der Waals surface area (Å²) in [4.78, 5) is 8.64. The fraction of sp³-hybridized carbons (Fsp3) is 0.667. The van der Waals surface area contributed by atoms with Gasteiger partial charge in [-0.2, -0.15) is 0 Å². The third kappa shape index (κ3) is 3.00. The second-order valence-corrected chi connectivity index (χ2v) is 3.96. The topological polar surface area (TPSA) is 55.2 Å². The van der Waals surface area contributed by atoms with Gasteiger partial charge in [0.25, 0.3) is 0 Å². The fourth-order valence-corrected chi connectivity index (χ4v) is 1.67. The maximum Gasteiger partial charge on any atom is 0.157 e. The SMILES string of the molecule is CCCC(OC)c1ncc([C@H](C)O)c(C)n1. The standard InChI is InChI=1S/C12H20N2O2/c1-5-6-11(16-4)12-13-7-10(9(3)15)8(2)14-12/h7,9,11,15H,5-6H2,1-4H3/t9-,11?/m0/s1. The van der Waals surface area contributed by atoms with Crippen molar-refractivity contribution in [1.29, 1.82) is 0 Å². The Hall–Kier alpha value is -1.00. The van der Waals surface area contributed by atoms with Gasteiger partial charge in [-0.15, -0.1) is 0 Å². The van der Waals surface area contributed by atoms with Gasteiger partial charge in [-0.1, -0.05) is 13.3 Å². The molecule has 0 aromatic carbocycles. The van der Waals surface area contributed by atoms with E-state index < -0.39 is 6.10 Å². The highest BCUT2D eigenvalue weighted by atomic mass is 16.5. The highest BCUT2D eigenvalue weighted by molar-refractivity contribution is 5.18. The summed E-state index contributed by atoms with van der Waals surface area (Å²) in [6, 6.07) is 0. The molecule has 0 saturated heterocycles. The summed E-state index contributed by atoms with van der Waals surface area (Å²) in [7, 11) is 1.67. The molecule has 16 heavy (non-hydrogen) atoms. The first kappa shape index (κ1) is 13.1. The van der Waals surface area contributed by atoms with Gasteiger partial charge in [0.2, 0.25) is 0 Å². The second-order valence-electron chi connectivity index (χ2n) is 3.96. The van der Waals surface area contributed by atoms with Crippen molar-refractivity contribution in [2.24, 2.45) is 0 Å². The van der Waals surface area contributed by atoms with Gasteiger partial charge in [0, 0.05) is 24.6 Å². The molecule has 0 bridgehead atoms. The highest BCUT2D eigenvalue weighted by Gasteiger charge is 2.15. The molecule has 0 amide bonds. The number of hydrogen-bond donors (Lipinski definition) is 1. The van der Waals surface area contributed by atoms with Gasteiger partial charge in [0.05, 0.1) is 6.10 Å².